The average Bonchev–Trinajstić information content (AvgIpc) is 2.72. The Morgan fingerprint density at radius 2 is 1.86 bits per heavy atom. The molecule has 0 N–H and O–H groups in total. The van der Waals surface area contributed by atoms with Crippen LogP contribution in [0, 0.1) is 5.92 Å². The average molecular weight is 415 g/mol. The minimum atomic E-state index is 0.0627. The van der Waals surface area contributed by atoms with Crippen LogP contribution in [0.3, 0.4) is 0 Å². The lowest BCUT2D eigenvalue weighted by Gasteiger charge is -2.14. The van der Waals surface area contributed by atoms with Crippen molar-refractivity contribution in [2.45, 2.75) is 57.0 Å². The van der Waals surface area contributed by atoms with E-state index in [0.717, 1.165) is 46.8 Å². The molecule has 0 saturated heterocycles. The predicted molar refractivity (Wildman–Crippen MR) is 120 cm³/mol. The molecular formula is C23H27ClN2OS. The molecule has 0 amide bonds. The zero-order valence-electron chi connectivity index (χ0n) is 16.5. The third kappa shape index (κ3) is 5.39. The minimum Gasteiger partial charge on any atom is -0.287 e. The number of nitrogens with zero attached hydrogens (tertiary/aromatic N) is 2. The third-order valence-corrected chi connectivity index (χ3v) is 6.43. The monoisotopic (exact) mass is 414 g/mol. The summed E-state index contributed by atoms with van der Waals surface area (Å²) in [4.78, 5) is 17.9. The first-order valence-corrected chi connectivity index (χ1v) is 11.3. The standard InChI is InChI=1S/C23H27ClN2OS/c1-3-17(2)8-6-7-15-26-22(27)20-9-4-5-10-21(20)25-23(26)28-16-18-11-13-19(24)14-12-18/h4-5,9-14,17H,3,6-8,15-16H2,1-2H3/t17-/m0/s1. The second-order valence-corrected chi connectivity index (χ2v) is 8.67. The van der Waals surface area contributed by atoms with Crippen molar-refractivity contribution in [3.63, 3.8) is 0 Å². The van der Waals surface area contributed by atoms with Gasteiger partial charge in [-0.2, -0.15) is 0 Å². The highest BCUT2D eigenvalue weighted by atomic mass is 35.5. The van der Waals surface area contributed by atoms with Crippen LogP contribution in [0.4, 0.5) is 0 Å². The Balaban J connectivity index is 1.81. The van der Waals surface area contributed by atoms with Gasteiger partial charge >= 0.3 is 0 Å². The van der Waals surface area contributed by atoms with Gasteiger partial charge in [-0.1, -0.05) is 80.7 Å². The number of aromatic nitrogens is 2. The number of unbranched alkanes of at least 4 members (excludes halogenated alkanes) is 1. The van der Waals surface area contributed by atoms with Gasteiger partial charge in [0.2, 0.25) is 0 Å². The van der Waals surface area contributed by atoms with E-state index in [1.165, 1.54) is 18.4 Å². The van der Waals surface area contributed by atoms with Crippen molar-refractivity contribution in [1.82, 2.24) is 9.55 Å². The molecule has 1 atom stereocenters. The minimum absolute atomic E-state index is 0.0627. The summed E-state index contributed by atoms with van der Waals surface area (Å²) in [5.74, 6) is 1.50. The van der Waals surface area contributed by atoms with Crippen LogP contribution >= 0.6 is 23.4 Å². The zero-order chi connectivity index (χ0) is 19.9. The molecule has 0 unspecified atom stereocenters. The summed E-state index contributed by atoms with van der Waals surface area (Å²) in [5, 5.41) is 2.22. The molecule has 0 saturated carbocycles. The third-order valence-electron chi connectivity index (χ3n) is 5.13. The van der Waals surface area contributed by atoms with E-state index >= 15 is 0 Å². The fourth-order valence-corrected chi connectivity index (χ4v) is 4.26. The second kappa shape index (κ2) is 10.1. The Labute approximate surface area is 176 Å². The van der Waals surface area contributed by atoms with Gasteiger partial charge < -0.3 is 0 Å². The number of fused-ring (bicyclic) bond motifs is 1. The maximum absolute atomic E-state index is 13.1. The normalized spacial score (nSPS) is 12.4. The van der Waals surface area contributed by atoms with E-state index in [4.69, 9.17) is 16.6 Å². The summed E-state index contributed by atoms with van der Waals surface area (Å²) in [6, 6.07) is 15.4. The van der Waals surface area contributed by atoms with Crippen LogP contribution in [0.15, 0.2) is 58.5 Å². The van der Waals surface area contributed by atoms with E-state index in [2.05, 4.69) is 13.8 Å². The van der Waals surface area contributed by atoms with Crippen molar-refractivity contribution in [2.24, 2.45) is 5.92 Å². The quantitative estimate of drug-likeness (QED) is 0.226. The first-order chi connectivity index (χ1) is 13.6. The Morgan fingerprint density at radius 3 is 2.61 bits per heavy atom. The number of benzene rings is 2. The van der Waals surface area contributed by atoms with Crippen LogP contribution in [-0.4, -0.2) is 9.55 Å². The molecule has 2 aromatic carbocycles. The zero-order valence-corrected chi connectivity index (χ0v) is 18.1. The number of halogens is 1. The number of thioether (sulfide) groups is 1. The summed E-state index contributed by atoms with van der Waals surface area (Å²) in [6.45, 7) is 5.24. The Hall–Kier alpha value is -1.78. The van der Waals surface area contributed by atoms with E-state index in [-0.39, 0.29) is 5.56 Å². The van der Waals surface area contributed by atoms with Crippen molar-refractivity contribution in [3.8, 4) is 0 Å². The maximum atomic E-state index is 13.1. The summed E-state index contributed by atoms with van der Waals surface area (Å²) < 4.78 is 1.86. The maximum Gasteiger partial charge on any atom is 0.262 e. The number of rotatable bonds is 9. The molecule has 0 aliphatic heterocycles. The van der Waals surface area contributed by atoms with Crippen LogP contribution in [0.1, 0.15) is 45.1 Å². The van der Waals surface area contributed by atoms with E-state index in [1.807, 2.05) is 53.1 Å². The SMILES string of the molecule is CC[C@H](C)CCCCn1c(SCc2ccc(Cl)cc2)nc2ccccc2c1=O. The van der Waals surface area contributed by atoms with Gasteiger partial charge in [0, 0.05) is 17.3 Å². The fraction of sp³-hybridized carbons (Fsp3) is 0.391. The van der Waals surface area contributed by atoms with Crippen molar-refractivity contribution < 1.29 is 0 Å². The van der Waals surface area contributed by atoms with Crippen molar-refractivity contribution in [2.75, 3.05) is 0 Å². The molecule has 5 heteroatoms. The molecule has 3 rings (SSSR count). The van der Waals surface area contributed by atoms with E-state index in [1.54, 1.807) is 11.8 Å². The van der Waals surface area contributed by atoms with Gasteiger partial charge in [-0.05, 0) is 42.2 Å². The Bertz CT molecular complexity index is 968. The highest BCUT2D eigenvalue weighted by Crippen LogP contribution is 2.23. The first kappa shape index (κ1) is 20.9. The topological polar surface area (TPSA) is 34.9 Å². The van der Waals surface area contributed by atoms with Gasteiger partial charge in [-0.25, -0.2) is 4.98 Å². The highest BCUT2D eigenvalue weighted by Gasteiger charge is 2.12. The van der Waals surface area contributed by atoms with Gasteiger partial charge in [0.1, 0.15) is 0 Å². The summed E-state index contributed by atoms with van der Waals surface area (Å²) in [7, 11) is 0. The van der Waals surface area contributed by atoms with Gasteiger partial charge in [0.05, 0.1) is 10.9 Å². The van der Waals surface area contributed by atoms with Gasteiger partial charge in [0.25, 0.3) is 5.56 Å². The van der Waals surface area contributed by atoms with E-state index in [0.29, 0.717) is 5.39 Å². The van der Waals surface area contributed by atoms with Gasteiger partial charge in [-0.3, -0.25) is 9.36 Å². The summed E-state index contributed by atoms with van der Waals surface area (Å²) in [5.41, 5.74) is 2.00. The van der Waals surface area contributed by atoms with Crippen molar-refractivity contribution in [1.29, 1.82) is 0 Å². The molecule has 148 valence electrons. The van der Waals surface area contributed by atoms with Gasteiger partial charge in [0.15, 0.2) is 5.16 Å². The molecule has 0 bridgehead atoms. The lowest BCUT2D eigenvalue weighted by atomic mass is 10.0. The number of hydrogen-bond acceptors (Lipinski definition) is 3. The lowest BCUT2D eigenvalue weighted by molar-refractivity contribution is 0.456. The van der Waals surface area contributed by atoms with E-state index < -0.39 is 0 Å². The van der Waals surface area contributed by atoms with Crippen LogP contribution in [0.25, 0.3) is 10.9 Å². The van der Waals surface area contributed by atoms with Crippen LogP contribution in [0.2, 0.25) is 5.02 Å². The molecule has 0 spiro atoms. The molecular weight excluding hydrogens is 388 g/mol. The van der Waals surface area contributed by atoms with Gasteiger partial charge in [-0.15, -0.1) is 0 Å². The second-order valence-electron chi connectivity index (χ2n) is 7.29. The Morgan fingerprint density at radius 1 is 1.11 bits per heavy atom. The molecule has 1 heterocycles. The molecule has 0 fully saturated rings. The number of para-hydroxylation sites is 1. The largest absolute Gasteiger partial charge is 0.287 e. The fourth-order valence-electron chi connectivity index (χ4n) is 3.15. The van der Waals surface area contributed by atoms with Crippen LogP contribution in [0.5, 0.6) is 0 Å². The number of hydrogen-bond donors (Lipinski definition) is 0. The van der Waals surface area contributed by atoms with Crippen LogP contribution < -0.4 is 5.56 Å². The predicted octanol–water partition coefficient (Wildman–Crippen LogP) is 6.56. The molecule has 28 heavy (non-hydrogen) atoms. The molecule has 0 radical (unpaired) electrons. The first-order valence-electron chi connectivity index (χ1n) is 9.95. The molecule has 3 nitrogen and oxygen atoms in total. The summed E-state index contributed by atoms with van der Waals surface area (Å²) in [6.07, 6.45) is 4.55. The lowest BCUT2D eigenvalue weighted by Crippen LogP contribution is -2.23. The molecule has 0 aliphatic rings. The van der Waals surface area contributed by atoms with Crippen LogP contribution in [-0.2, 0) is 12.3 Å². The summed E-state index contributed by atoms with van der Waals surface area (Å²) >= 11 is 7.59. The highest BCUT2D eigenvalue weighted by molar-refractivity contribution is 7.98. The van der Waals surface area contributed by atoms with Crippen molar-refractivity contribution >= 4 is 34.3 Å². The molecule has 0 aliphatic carbocycles. The smallest absolute Gasteiger partial charge is 0.262 e. The molecule has 3 aromatic rings. The molecule has 1 aromatic heterocycles. The Kier molecular flexibility index (Phi) is 7.57. The van der Waals surface area contributed by atoms with E-state index in [9.17, 15) is 4.79 Å². The van der Waals surface area contributed by atoms with Crippen molar-refractivity contribution in [3.05, 3.63) is 69.5 Å².